The van der Waals surface area contributed by atoms with E-state index in [0.717, 1.165) is 4.90 Å². The number of hydrogen-bond donors (Lipinski definition) is 1. The first-order valence-corrected chi connectivity index (χ1v) is 10.5. The lowest BCUT2D eigenvalue weighted by atomic mass is 10.0. The fourth-order valence-corrected chi connectivity index (χ4v) is 4.21. The lowest BCUT2D eigenvalue weighted by molar-refractivity contribution is -0.135. The molecule has 1 N–H and O–H groups in total. The van der Waals surface area contributed by atoms with E-state index in [-0.39, 0.29) is 24.6 Å². The number of aromatic nitrogens is 1. The van der Waals surface area contributed by atoms with Crippen molar-refractivity contribution in [1.82, 2.24) is 15.2 Å². The quantitative estimate of drug-likeness (QED) is 0.739. The first-order chi connectivity index (χ1) is 13.7. The zero-order chi connectivity index (χ0) is 21.2. The van der Waals surface area contributed by atoms with Crippen molar-refractivity contribution in [3.8, 4) is 0 Å². The molecular formula is C19H24N4O5S. The number of carbonyl (C=O) groups is 4. The Morgan fingerprint density at radius 3 is 2.69 bits per heavy atom. The van der Waals surface area contributed by atoms with Crippen LogP contribution in [0.5, 0.6) is 0 Å². The molecule has 0 bridgehead atoms. The standard InChI is InChI=1S/C19H24N4O5S/c1-19(2,3)28-18(27)22-11-29-10-13(22)16(25)21-12-7-8-15(24)23(17(12)26)14-6-4-5-9-20-14/h4-6,9,12-13H,7-8,10-11H2,1-3H3,(H,21,25). The van der Waals surface area contributed by atoms with Crippen LogP contribution in [0.15, 0.2) is 24.4 Å². The van der Waals surface area contributed by atoms with E-state index >= 15 is 0 Å². The van der Waals surface area contributed by atoms with E-state index in [1.807, 2.05) is 0 Å². The molecule has 2 saturated heterocycles. The molecule has 3 rings (SSSR count). The van der Waals surface area contributed by atoms with Crippen LogP contribution in [-0.2, 0) is 19.1 Å². The largest absolute Gasteiger partial charge is 0.444 e. The molecular weight excluding hydrogens is 396 g/mol. The van der Waals surface area contributed by atoms with Gasteiger partial charge in [0.05, 0.1) is 5.88 Å². The average Bonchev–Trinajstić information content (AvgIpc) is 3.14. The van der Waals surface area contributed by atoms with Gasteiger partial charge < -0.3 is 10.1 Å². The second-order valence-electron chi connectivity index (χ2n) is 7.82. The van der Waals surface area contributed by atoms with Gasteiger partial charge in [-0.15, -0.1) is 11.8 Å². The van der Waals surface area contributed by atoms with Gasteiger partial charge in [0.2, 0.25) is 11.8 Å². The van der Waals surface area contributed by atoms with E-state index < -0.39 is 35.6 Å². The Bertz CT molecular complexity index is 811. The SMILES string of the molecule is CC(C)(C)OC(=O)N1CSCC1C(=O)NC1CCC(=O)N(c2ccccn2)C1=O. The molecule has 29 heavy (non-hydrogen) atoms. The van der Waals surface area contributed by atoms with Crippen molar-refractivity contribution < 1.29 is 23.9 Å². The summed E-state index contributed by atoms with van der Waals surface area (Å²) in [7, 11) is 0. The van der Waals surface area contributed by atoms with Crippen LogP contribution in [0.1, 0.15) is 33.6 Å². The molecule has 2 unspecified atom stereocenters. The number of hydrogen-bond acceptors (Lipinski definition) is 7. The molecule has 156 valence electrons. The number of thioether (sulfide) groups is 1. The highest BCUT2D eigenvalue weighted by atomic mass is 32.2. The fraction of sp³-hybridized carbons (Fsp3) is 0.526. The van der Waals surface area contributed by atoms with E-state index in [9.17, 15) is 19.2 Å². The molecule has 0 radical (unpaired) electrons. The van der Waals surface area contributed by atoms with Gasteiger partial charge in [0.15, 0.2) is 0 Å². The summed E-state index contributed by atoms with van der Waals surface area (Å²) in [4.78, 5) is 56.7. The van der Waals surface area contributed by atoms with Crippen molar-refractivity contribution in [1.29, 1.82) is 0 Å². The zero-order valence-electron chi connectivity index (χ0n) is 16.6. The normalized spacial score (nSPS) is 22.6. The molecule has 2 atom stereocenters. The number of imide groups is 1. The third-order valence-corrected chi connectivity index (χ3v) is 5.43. The van der Waals surface area contributed by atoms with Crippen molar-refractivity contribution in [3.63, 3.8) is 0 Å². The number of carbonyl (C=O) groups excluding carboxylic acids is 4. The van der Waals surface area contributed by atoms with Crippen molar-refractivity contribution in [2.45, 2.75) is 51.3 Å². The van der Waals surface area contributed by atoms with Crippen LogP contribution in [-0.4, -0.2) is 63.0 Å². The van der Waals surface area contributed by atoms with Crippen molar-refractivity contribution in [2.24, 2.45) is 0 Å². The molecule has 1 aromatic rings. The van der Waals surface area contributed by atoms with Crippen LogP contribution < -0.4 is 10.2 Å². The zero-order valence-corrected chi connectivity index (χ0v) is 17.4. The summed E-state index contributed by atoms with van der Waals surface area (Å²) >= 11 is 1.44. The van der Waals surface area contributed by atoms with Gasteiger partial charge in [-0.2, -0.15) is 0 Å². The summed E-state index contributed by atoms with van der Waals surface area (Å²) in [6.45, 7) is 5.27. The van der Waals surface area contributed by atoms with Crippen molar-refractivity contribution >= 4 is 41.4 Å². The summed E-state index contributed by atoms with van der Waals surface area (Å²) in [5.74, 6) is -0.337. The number of nitrogens with one attached hydrogen (secondary N) is 1. The number of pyridine rings is 1. The Balaban J connectivity index is 1.69. The van der Waals surface area contributed by atoms with Gasteiger partial charge in [-0.25, -0.2) is 14.7 Å². The number of anilines is 1. The van der Waals surface area contributed by atoms with Gasteiger partial charge in [-0.1, -0.05) is 6.07 Å². The highest BCUT2D eigenvalue weighted by molar-refractivity contribution is 7.99. The molecule has 9 nitrogen and oxygen atoms in total. The molecule has 0 spiro atoms. The second-order valence-corrected chi connectivity index (χ2v) is 8.82. The predicted molar refractivity (Wildman–Crippen MR) is 107 cm³/mol. The van der Waals surface area contributed by atoms with Crippen molar-refractivity contribution in [2.75, 3.05) is 16.5 Å². The molecule has 3 heterocycles. The van der Waals surface area contributed by atoms with Gasteiger partial charge in [-0.3, -0.25) is 19.3 Å². The van der Waals surface area contributed by atoms with Gasteiger partial charge in [0.1, 0.15) is 23.5 Å². The number of piperidine rings is 1. The first-order valence-electron chi connectivity index (χ1n) is 9.33. The maximum absolute atomic E-state index is 12.8. The van der Waals surface area contributed by atoms with E-state index in [4.69, 9.17) is 4.74 Å². The van der Waals surface area contributed by atoms with E-state index in [0.29, 0.717) is 11.6 Å². The maximum atomic E-state index is 12.8. The third kappa shape index (κ3) is 4.87. The summed E-state index contributed by atoms with van der Waals surface area (Å²) in [6.07, 6.45) is 1.25. The molecule has 0 saturated carbocycles. The second kappa shape index (κ2) is 8.40. The Hall–Kier alpha value is -2.62. The molecule has 1 aromatic heterocycles. The maximum Gasteiger partial charge on any atom is 0.411 e. The monoisotopic (exact) mass is 420 g/mol. The Morgan fingerprint density at radius 1 is 1.28 bits per heavy atom. The van der Waals surface area contributed by atoms with Crippen LogP contribution in [0.25, 0.3) is 0 Å². The topological polar surface area (TPSA) is 109 Å². The van der Waals surface area contributed by atoms with Gasteiger partial charge in [0.25, 0.3) is 5.91 Å². The highest BCUT2D eigenvalue weighted by Gasteiger charge is 2.41. The van der Waals surface area contributed by atoms with E-state index in [1.54, 1.807) is 39.0 Å². The minimum absolute atomic E-state index is 0.114. The summed E-state index contributed by atoms with van der Waals surface area (Å²) < 4.78 is 5.37. The molecule has 4 amide bonds. The number of ether oxygens (including phenoxy) is 1. The third-order valence-electron chi connectivity index (χ3n) is 4.42. The summed E-state index contributed by atoms with van der Waals surface area (Å²) in [6, 6.07) is 3.35. The van der Waals surface area contributed by atoms with Crippen LogP contribution in [0.4, 0.5) is 10.6 Å². The average molecular weight is 420 g/mol. The van der Waals surface area contributed by atoms with Gasteiger partial charge >= 0.3 is 6.09 Å². The van der Waals surface area contributed by atoms with Crippen LogP contribution in [0.3, 0.4) is 0 Å². The molecule has 0 aromatic carbocycles. The molecule has 0 aliphatic carbocycles. The minimum Gasteiger partial charge on any atom is -0.444 e. The predicted octanol–water partition coefficient (Wildman–Crippen LogP) is 1.53. The summed E-state index contributed by atoms with van der Waals surface area (Å²) in [5.41, 5.74) is -0.672. The molecule has 2 aliphatic heterocycles. The molecule has 10 heteroatoms. The Kier molecular flexibility index (Phi) is 6.11. The van der Waals surface area contributed by atoms with Crippen LogP contribution in [0.2, 0.25) is 0 Å². The minimum atomic E-state index is -0.853. The van der Waals surface area contributed by atoms with Crippen LogP contribution in [0, 0.1) is 0 Å². The van der Waals surface area contributed by atoms with Crippen LogP contribution >= 0.6 is 11.8 Å². The van der Waals surface area contributed by atoms with Crippen molar-refractivity contribution in [3.05, 3.63) is 24.4 Å². The molecule has 2 fully saturated rings. The lowest BCUT2D eigenvalue weighted by Crippen LogP contribution is -2.58. The van der Waals surface area contributed by atoms with E-state index in [1.165, 1.54) is 22.9 Å². The number of rotatable bonds is 3. The Labute approximate surface area is 173 Å². The smallest absolute Gasteiger partial charge is 0.411 e. The fourth-order valence-electron chi connectivity index (χ4n) is 3.07. The molecule has 2 aliphatic rings. The highest BCUT2D eigenvalue weighted by Crippen LogP contribution is 2.25. The first kappa shape index (κ1) is 21.1. The van der Waals surface area contributed by atoms with E-state index in [2.05, 4.69) is 10.3 Å². The lowest BCUT2D eigenvalue weighted by Gasteiger charge is -2.32. The Morgan fingerprint density at radius 2 is 2.03 bits per heavy atom. The van der Waals surface area contributed by atoms with Gasteiger partial charge in [-0.05, 0) is 39.3 Å². The number of amides is 4. The summed E-state index contributed by atoms with van der Waals surface area (Å²) in [5, 5.41) is 2.71. The number of nitrogens with zero attached hydrogens (tertiary/aromatic N) is 3. The van der Waals surface area contributed by atoms with Gasteiger partial charge in [0, 0.05) is 18.4 Å².